The average molecular weight is 255 g/mol. The standard InChI is InChI=1S/C14H13N3S/c18-14(16-13-9-5-2-6-10-13)17-15-11-12-7-3-1-4-8-12/h1-11H,(H2,16,17,18)/b15-11-. The number of nitrogens with zero attached hydrogens (tertiary/aromatic N) is 1. The zero-order valence-corrected chi connectivity index (χ0v) is 10.5. The molecule has 3 nitrogen and oxygen atoms in total. The molecule has 2 N–H and O–H groups in total. The molecule has 4 heteroatoms. The SMILES string of the molecule is S=C(N/N=C\c1ccccc1)Nc1ccccc1. The van der Waals surface area contributed by atoms with E-state index in [0.29, 0.717) is 5.11 Å². The van der Waals surface area contributed by atoms with Gasteiger partial charge < -0.3 is 5.32 Å². The van der Waals surface area contributed by atoms with Gasteiger partial charge in [-0.2, -0.15) is 5.10 Å². The molecular weight excluding hydrogens is 242 g/mol. The molecule has 0 saturated carbocycles. The number of benzene rings is 2. The molecule has 2 rings (SSSR count). The maximum atomic E-state index is 5.12. The van der Waals surface area contributed by atoms with Crippen molar-refractivity contribution in [3.8, 4) is 0 Å². The van der Waals surface area contributed by atoms with Crippen LogP contribution in [-0.2, 0) is 0 Å². The van der Waals surface area contributed by atoms with Gasteiger partial charge in [0.15, 0.2) is 5.11 Å². The van der Waals surface area contributed by atoms with Gasteiger partial charge in [-0.3, -0.25) is 5.43 Å². The van der Waals surface area contributed by atoms with Crippen LogP contribution in [0.25, 0.3) is 0 Å². The Morgan fingerprint density at radius 3 is 2.22 bits per heavy atom. The third-order valence-electron chi connectivity index (χ3n) is 2.21. The molecule has 18 heavy (non-hydrogen) atoms. The second kappa shape index (κ2) is 6.51. The minimum absolute atomic E-state index is 0.466. The van der Waals surface area contributed by atoms with Gasteiger partial charge in [-0.25, -0.2) is 0 Å². The van der Waals surface area contributed by atoms with E-state index in [0.717, 1.165) is 11.3 Å². The molecule has 90 valence electrons. The van der Waals surface area contributed by atoms with Crippen LogP contribution in [0, 0.1) is 0 Å². The Morgan fingerprint density at radius 1 is 0.944 bits per heavy atom. The van der Waals surface area contributed by atoms with E-state index in [1.54, 1.807) is 6.21 Å². The number of para-hydroxylation sites is 1. The molecule has 0 amide bonds. The van der Waals surface area contributed by atoms with Crippen LogP contribution in [0.2, 0.25) is 0 Å². The third kappa shape index (κ3) is 3.99. The van der Waals surface area contributed by atoms with Crippen LogP contribution >= 0.6 is 12.2 Å². The van der Waals surface area contributed by atoms with E-state index < -0.39 is 0 Å². The summed E-state index contributed by atoms with van der Waals surface area (Å²) in [6, 6.07) is 19.5. The summed E-state index contributed by atoms with van der Waals surface area (Å²) in [6.07, 6.45) is 1.72. The van der Waals surface area contributed by atoms with Crippen molar-refractivity contribution in [3.63, 3.8) is 0 Å². The van der Waals surface area contributed by atoms with E-state index in [-0.39, 0.29) is 0 Å². The number of rotatable bonds is 3. The first-order valence-electron chi connectivity index (χ1n) is 5.55. The number of nitrogens with one attached hydrogen (secondary N) is 2. The molecule has 0 aromatic heterocycles. The Bertz CT molecular complexity index is 523. The summed E-state index contributed by atoms with van der Waals surface area (Å²) in [5.74, 6) is 0. The molecule has 0 aliphatic heterocycles. The van der Waals surface area contributed by atoms with Crippen LogP contribution < -0.4 is 10.7 Å². The average Bonchev–Trinajstić information content (AvgIpc) is 2.41. The van der Waals surface area contributed by atoms with Crippen molar-refractivity contribution in [2.75, 3.05) is 5.32 Å². The molecule has 0 spiro atoms. The fraction of sp³-hybridized carbons (Fsp3) is 0. The Morgan fingerprint density at radius 2 is 1.56 bits per heavy atom. The van der Waals surface area contributed by atoms with Gasteiger partial charge >= 0.3 is 0 Å². The van der Waals surface area contributed by atoms with E-state index >= 15 is 0 Å². The lowest BCUT2D eigenvalue weighted by Crippen LogP contribution is -2.23. The van der Waals surface area contributed by atoms with Gasteiger partial charge in [0.2, 0.25) is 0 Å². The van der Waals surface area contributed by atoms with E-state index in [1.807, 2.05) is 60.7 Å². The lowest BCUT2D eigenvalue weighted by molar-refractivity contribution is 1.05. The highest BCUT2D eigenvalue weighted by Gasteiger charge is 1.93. The van der Waals surface area contributed by atoms with Crippen molar-refractivity contribution >= 4 is 29.2 Å². The largest absolute Gasteiger partial charge is 0.331 e. The molecule has 2 aromatic carbocycles. The molecule has 2 aromatic rings. The van der Waals surface area contributed by atoms with Gasteiger partial charge in [0.25, 0.3) is 0 Å². The van der Waals surface area contributed by atoms with Crippen LogP contribution in [0.1, 0.15) is 5.56 Å². The predicted molar refractivity (Wildman–Crippen MR) is 79.8 cm³/mol. The van der Waals surface area contributed by atoms with E-state index in [9.17, 15) is 0 Å². The zero-order chi connectivity index (χ0) is 12.6. The quantitative estimate of drug-likeness (QED) is 0.503. The van der Waals surface area contributed by atoms with Crippen LogP contribution in [0.3, 0.4) is 0 Å². The molecule has 0 fully saturated rings. The number of anilines is 1. The van der Waals surface area contributed by atoms with Gasteiger partial charge in [0.05, 0.1) is 6.21 Å². The van der Waals surface area contributed by atoms with Crippen molar-refractivity contribution in [2.45, 2.75) is 0 Å². The first-order valence-corrected chi connectivity index (χ1v) is 5.95. The van der Waals surface area contributed by atoms with Gasteiger partial charge in [0, 0.05) is 5.69 Å². The Kier molecular flexibility index (Phi) is 4.44. The molecule has 0 radical (unpaired) electrons. The summed E-state index contributed by atoms with van der Waals surface area (Å²) < 4.78 is 0. The second-order valence-corrected chi connectivity index (χ2v) is 4.01. The van der Waals surface area contributed by atoms with Gasteiger partial charge in [-0.1, -0.05) is 48.5 Å². The van der Waals surface area contributed by atoms with Crippen molar-refractivity contribution < 1.29 is 0 Å². The van der Waals surface area contributed by atoms with Gasteiger partial charge in [-0.15, -0.1) is 0 Å². The van der Waals surface area contributed by atoms with Gasteiger partial charge in [-0.05, 0) is 29.9 Å². The maximum Gasteiger partial charge on any atom is 0.191 e. The van der Waals surface area contributed by atoms with Crippen molar-refractivity contribution in [1.29, 1.82) is 0 Å². The molecule has 0 saturated heterocycles. The first kappa shape index (κ1) is 12.3. The zero-order valence-electron chi connectivity index (χ0n) is 9.71. The minimum atomic E-state index is 0.466. The minimum Gasteiger partial charge on any atom is -0.331 e. The summed E-state index contributed by atoms with van der Waals surface area (Å²) in [7, 11) is 0. The van der Waals surface area contributed by atoms with Gasteiger partial charge in [0.1, 0.15) is 0 Å². The lowest BCUT2D eigenvalue weighted by atomic mass is 10.2. The summed E-state index contributed by atoms with van der Waals surface area (Å²) in [6.45, 7) is 0. The Labute approximate surface area is 112 Å². The lowest BCUT2D eigenvalue weighted by Gasteiger charge is -2.05. The van der Waals surface area contributed by atoms with Crippen LogP contribution in [0.15, 0.2) is 65.8 Å². The molecule has 0 aliphatic rings. The topological polar surface area (TPSA) is 36.4 Å². The van der Waals surface area contributed by atoms with Crippen molar-refractivity contribution in [2.24, 2.45) is 5.10 Å². The monoisotopic (exact) mass is 255 g/mol. The predicted octanol–water partition coefficient (Wildman–Crippen LogP) is 3.01. The molecule has 0 aliphatic carbocycles. The summed E-state index contributed by atoms with van der Waals surface area (Å²) in [4.78, 5) is 0. The first-order chi connectivity index (χ1) is 8.84. The number of hydrogen-bond acceptors (Lipinski definition) is 2. The number of hydrazone groups is 1. The third-order valence-corrected chi connectivity index (χ3v) is 2.40. The fourth-order valence-electron chi connectivity index (χ4n) is 1.39. The van der Waals surface area contributed by atoms with Crippen molar-refractivity contribution in [3.05, 3.63) is 66.2 Å². The summed E-state index contributed by atoms with van der Waals surface area (Å²) in [5, 5.41) is 7.56. The van der Waals surface area contributed by atoms with E-state index in [1.165, 1.54) is 0 Å². The van der Waals surface area contributed by atoms with Crippen molar-refractivity contribution in [1.82, 2.24) is 5.43 Å². The highest BCUT2D eigenvalue weighted by molar-refractivity contribution is 7.80. The van der Waals surface area contributed by atoms with E-state index in [2.05, 4.69) is 15.8 Å². The van der Waals surface area contributed by atoms with Crippen LogP contribution in [0.4, 0.5) is 5.69 Å². The normalized spacial score (nSPS) is 10.2. The van der Waals surface area contributed by atoms with E-state index in [4.69, 9.17) is 12.2 Å². The fourth-order valence-corrected chi connectivity index (χ4v) is 1.56. The molecular formula is C14H13N3S. The smallest absolute Gasteiger partial charge is 0.191 e. The summed E-state index contributed by atoms with van der Waals surface area (Å²) in [5.41, 5.74) is 4.73. The molecule has 0 heterocycles. The highest BCUT2D eigenvalue weighted by atomic mass is 32.1. The maximum absolute atomic E-state index is 5.12. The second-order valence-electron chi connectivity index (χ2n) is 3.60. The molecule has 0 unspecified atom stereocenters. The van der Waals surface area contributed by atoms with Crippen LogP contribution in [0.5, 0.6) is 0 Å². The molecule has 0 bridgehead atoms. The summed E-state index contributed by atoms with van der Waals surface area (Å²) >= 11 is 5.12. The highest BCUT2D eigenvalue weighted by Crippen LogP contribution is 2.04. The Balaban J connectivity index is 1.84. The molecule has 0 atom stereocenters. The number of hydrogen-bond donors (Lipinski definition) is 2. The Hall–Kier alpha value is -2.20. The van der Waals surface area contributed by atoms with Crippen LogP contribution in [-0.4, -0.2) is 11.3 Å². The number of thiocarbonyl (C=S) groups is 1.